The summed E-state index contributed by atoms with van der Waals surface area (Å²) in [5.41, 5.74) is 0.00635. The topological polar surface area (TPSA) is 91.2 Å². The lowest BCUT2D eigenvalue weighted by atomic mass is 10.0. The van der Waals surface area contributed by atoms with Gasteiger partial charge in [-0.05, 0) is 36.4 Å². The van der Waals surface area contributed by atoms with E-state index < -0.39 is 11.5 Å². The Bertz CT molecular complexity index is 1320. The maximum atomic E-state index is 13.0. The Labute approximate surface area is 197 Å². The van der Waals surface area contributed by atoms with Gasteiger partial charge >= 0.3 is 5.57 Å². The molecule has 0 saturated carbocycles. The Balaban J connectivity index is 1.46. The molecule has 1 saturated heterocycles. The van der Waals surface area contributed by atoms with Crippen LogP contribution in [0, 0.1) is 5.92 Å². The number of nitrogens with one attached hydrogen (secondary N) is 1. The maximum absolute atomic E-state index is 13.0. The van der Waals surface area contributed by atoms with E-state index in [4.69, 9.17) is 16.3 Å². The highest BCUT2D eigenvalue weighted by Gasteiger charge is 2.27. The first kappa shape index (κ1) is 22.2. The summed E-state index contributed by atoms with van der Waals surface area (Å²) >= 11 is 4.78. The Morgan fingerprint density at radius 2 is 1.94 bits per heavy atom. The lowest BCUT2D eigenvalue weighted by Gasteiger charge is -2.26. The Morgan fingerprint density at radius 3 is 2.59 bits per heavy atom. The molecule has 34 heavy (non-hydrogen) atoms. The van der Waals surface area contributed by atoms with Gasteiger partial charge in [0.15, 0.2) is 0 Å². The van der Waals surface area contributed by atoms with Crippen LogP contribution in [0.25, 0.3) is 22.2 Å². The van der Waals surface area contributed by atoms with Gasteiger partial charge in [0.25, 0.3) is 5.91 Å². The number of fused-ring (bicyclic) bond motifs is 1. The minimum Gasteiger partial charge on any atom is -0.420 e. The molecular weight excluding hydrogens is 468 g/mol. The average Bonchev–Trinajstić information content (AvgIpc) is 3.19. The van der Waals surface area contributed by atoms with Crippen LogP contribution in [0.15, 0.2) is 61.4 Å². The summed E-state index contributed by atoms with van der Waals surface area (Å²) in [5, 5.41) is 2.75. The largest absolute Gasteiger partial charge is 0.487 e. The van der Waals surface area contributed by atoms with Gasteiger partial charge in [0.05, 0.1) is 30.6 Å². The summed E-state index contributed by atoms with van der Waals surface area (Å²) in [5.74, 6) is -0.113. The lowest BCUT2D eigenvalue weighted by molar-refractivity contribution is -0.0964. The summed E-state index contributed by atoms with van der Waals surface area (Å²) in [6, 6.07) is 8.92. The highest BCUT2D eigenvalue weighted by molar-refractivity contribution is 6.20. The molecule has 1 amide bonds. The molecule has 1 fully saturated rings. The van der Waals surface area contributed by atoms with Crippen LogP contribution in [-0.2, 0) is 11.3 Å². The van der Waals surface area contributed by atoms with Crippen molar-refractivity contribution in [2.24, 2.45) is 5.92 Å². The van der Waals surface area contributed by atoms with Gasteiger partial charge in [-0.2, -0.15) is 0 Å². The second kappa shape index (κ2) is 8.96. The van der Waals surface area contributed by atoms with E-state index in [0.29, 0.717) is 35.9 Å². The molecule has 1 aliphatic rings. The maximum Gasteiger partial charge on any atom is 0.487 e. The molecule has 174 valence electrons. The van der Waals surface area contributed by atoms with Crippen LogP contribution in [0.5, 0.6) is 5.75 Å². The van der Waals surface area contributed by atoms with Gasteiger partial charge in [-0.1, -0.05) is 0 Å². The zero-order valence-corrected chi connectivity index (χ0v) is 18.4. The molecule has 0 spiro atoms. The Morgan fingerprint density at radius 1 is 1.21 bits per heavy atom. The minimum atomic E-state index is -3.81. The highest BCUT2D eigenvalue weighted by atomic mass is 35.5. The van der Waals surface area contributed by atoms with Crippen molar-refractivity contribution in [2.45, 2.75) is 12.1 Å². The minimum absolute atomic E-state index is 0.131. The number of aromatic nitrogens is 4. The molecule has 0 bridgehead atoms. The zero-order chi connectivity index (χ0) is 23.7. The second-order valence-corrected chi connectivity index (χ2v) is 8.29. The van der Waals surface area contributed by atoms with E-state index in [2.05, 4.69) is 29.6 Å². The molecule has 4 aromatic rings. The average molecular weight is 486 g/mol. The molecular formula is C23H18ClF2N5O3. The smallest absolute Gasteiger partial charge is 0.420 e. The van der Waals surface area contributed by atoms with Crippen LogP contribution in [0.3, 0.4) is 0 Å². The SMILES string of the molecule is O=C(Nc1ccc(OC(F)(F)Cl)cc1)c1cc(-c2cncnc2)c2c(c1)ncn2CC1COC1. The first-order valence-electron chi connectivity index (χ1n) is 10.3. The quantitative estimate of drug-likeness (QED) is 0.386. The third-order valence-corrected chi connectivity index (χ3v) is 5.43. The lowest BCUT2D eigenvalue weighted by Crippen LogP contribution is -2.31. The van der Waals surface area contributed by atoms with Crippen molar-refractivity contribution < 1.29 is 23.0 Å². The van der Waals surface area contributed by atoms with E-state index in [1.165, 1.54) is 30.6 Å². The van der Waals surface area contributed by atoms with Crippen molar-refractivity contribution in [3.63, 3.8) is 0 Å². The van der Waals surface area contributed by atoms with Gasteiger partial charge in [-0.3, -0.25) is 4.79 Å². The van der Waals surface area contributed by atoms with Crippen molar-refractivity contribution >= 4 is 34.2 Å². The molecule has 8 nitrogen and oxygen atoms in total. The van der Waals surface area contributed by atoms with Crippen LogP contribution in [0.2, 0.25) is 0 Å². The third kappa shape index (κ3) is 4.82. The summed E-state index contributed by atoms with van der Waals surface area (Å²) in [6.45, 7) is 2.16. The van der Waals surface area contributed by atoms with Crippen molar-refractivity contribution in [3.8, 4) is 16.9 Å². The molecule has 0 radical (unpaired) electrons. The second-order valence-electron chi connectivity index (χ2n) is 7.85. The predicted octanol–water partition coefficient (Wildman–Crippen LogP) is 4.56. The van der Waals surface area contributed by atoms with Crippen LogP contribution >= 0.6 is 11.6 Å². The van der Waals surface area contributed by atoms with E-state index in [-0.39, 0.29) is 5.75 Å². The molecule has 2 aromatic heterocycles. The first-order valence-corrected chi connectivity index (χ1v) is 10.7. The standard InChI is InChI=1S/C23H18ClF2N5O3/c24-23(25,26)34-18-3-1-17(2-4-18)30-22(32)15-5-19(16-7-27-12-28-8-16)21-20(6-15)29-13-31(21)9-14-10-33-11-14/h1-8,12-14H,9-11H2,(H,30,32). The molecule has 1 N–H and O–H groups in total. The number of hydrogen-bond acceptors (Lipinski definition) is 6. The summed E-state index contributed by atoms with van der Waals surface area (Å²) in [7, 11) is 0. The van der Waals surface area contributed by atoms with E-state index in [1.807, 2.05) is 0 Å². The van der Waals surface area contributed by atoms with Crippen molar-refractivity contribution in [1.29, 1.82) is 0 Å². The molecule has 3 heterocycles. The van der Waals surface area contributed by atoms with E-state index in [1.54, 1.807) is 30.9 Å². The Kier molecular flexibility index (Phi) is 5.84. The first-order chi connectivity index (χ1) is 16.4. The number of benzene rings is 2. The van der Waals surface area contributed by atoms with Gasteiger partial charge in [-0.15, -0.1) is 8.78 Å². The number of ether oxygens (including phenoxy) is 2. The number of halogens is 3. The van der Waals surface area contributed by atoms with E-state index in [0.717, 1.165) is 23.2 Å². The van der Waals surface area contributed by atoms with Gasteiger partial charge < -0.3 is 19.4 Å². The fourth-order valence-corrected chi connectivity index (χ4v) is 3.84. The number of nitrogens with zero attached hydrogens (tertiary/aromatic N) is 4. The van der Waals surface area contributed by atoms with E-state index in [9.17, 15) is 13.6 Å². The number of amides is 1. The number of imidazole rings is 1. The van der Waals surface area contributed by atoms with Crippen molar-refractivity contribution in [3.05, 3.63) is 67.0 Å². The van der Waals surface area contributed by atoms with Crippen LogP contribution in [-0.4, -0.2) is 44.2 Å². The summed E-state index contributed by atoms with van der Waals surface area (Å²) in [4.78, 5) is 25.8. The molecule has 2 aromatic carbocycles. The van der Waals surface area contributed by atoms with E-state index >= 15 is 0 Å². The number of hydrogen-bond donors (Lipinski definition) is 1. The number of alkyl halides is 3. The van der Waals surface area contributed by atoms with Crippen LogP contribution in [0.4, 0.5) is 14.5 Å². The molecule has 0 atom stereocenters. The van der Waals surface area contributed by atoms with Crippen molar-refractivity contribution in [1.82, 2.24) is 19.5 Å². The summed E-state index contributed by atoms with van der Waals surface area (Å²) < 4.78 is 37.2. The normalized spacial score (nSPS) is 14.1. The molecule has 11 heteroatoms. The summed E-state index contributed by atoms with van der Waals surface area (Å²) in [6.07, 6.45) is 6.55. The molecule has 0 unspecified atom stereocenters. The Hall–Kier alpha value is -3.63. The number of anilines is 1. The number of carbonyl (C=O) groups is 1. The molecule has 1 aliphatic heterocycles. The molecule has 0 aliphatic carbocycles. The third-order valence-electron chi connectivity index (χ3n) is 5.35. The number of carbonyl (C=O) groups excluding carboxylic acids is 1. The van der Waals surface area contributed by atoms with Gasteiger partial charge in [0.1, 0.15) is 12.1 Å². The monoisotopic (exact) mass is 485 g/mol. The fourth-order valence-electron chi connectivity index (χ4n) is 3.75. The highest BCUT2D eigenvalue weighted by Crippen LogP contribution is 2.31. The predicted molar refractivity (Wildman–Crippen MR) is 121 cm³/mol. The molecule has 5 rings (SSSR count). The fraction of sp³-hybridized carbons (Fsp3) is 0.217. The number of rotatable bonds is 7. The van der Waals surface area contributed by atoms with Gasteiger partial charge in [0.2, 0.25) is 0 Å². The van der Waals surface area contributed by atoms with Crippen LogP contribution < -0.4 is 10.1 Å². The van der Waals surface area contributed by atoms with Gasteiger partial charge in [0, 0.05) is 58.8 Å². The van der Waals surface area contributed by atoms with Gasteiger partial charge in [-0.25, -0.2) is 15.0 Å². The van der Waals surface area contributed by atoms with Crippen LogP contribution in [0.1, 0.15) is 10.4 Å². The van der Waals surface area contributed by atoms with Crippen molar-refractivity contribution in [2.75, 3.05) is 18.5 Å². The zero-order valence-electron chi connectivity index (χ0n) is 17.6.